The number of hydrogen-bond acceptors (Lipinski definition) is 3. The van der Waals surface area contributed by atoms with Crippen LogP contribution in [0.2, 0.25) is 0 Å². The van der Waals surface area contributed by atoms with Crippen molar-refractivity contribution in [2.75, 3.05) is 0 Å². The molecule has 0 unspecified atom stereocenters. The molecule has 3 aromatic rings. The smallest absolute Gasteiger partial charge is 0.336 e. The van der Waals surface area contributed by atoms with Gasteiger partial charge in [0.25, 0.3) is 0 Å². The van der Waals surface area contributed by atoms with Crippen LogP contribution in [0.15, 0.2) is 84.9 Å². The molecule has 0 aliphatic carbocycles. The molecule has 0 fully saturated rings. The molecule has 0 bridgehead atoms. The van der Waals surface area contributed by atoms with Gasteiger partial charge in [0.15, 0.2) is 0 Å². The first-order valence-corrected chi connectivity index (χ1v) is 9.01. The average molecular weight is 358 g/mol. The second-order valence-electron chi connectivity index (χ2n) is 6.33. The van der Waals surface area contributed by atoms with Gasteiger partial charge in [-0.2, -0.15) is 0 Å². The van der Waals surface area contributed by atoms with Crippen LogP contribution in [0.4, 0.5) is 0 Å². The Morgan fingerprint density at radius 1 is 0.852 bits per heavy atom. The van der Waals surface area contributed by atoms with Gasteiger partial charge in [-0.05, 0) is 66.3 Å². The summed E-state index contributed by atoms with van der Waals surface area (Å²) >= 11 is 0. The van der Waals surface area contributed by atoms with Crippen LogP contribution in [-0.4, -0.2) is 11.1 Å². The van der Waals surface area contributed by atoms with Crippen molar-refractivity contribution in [3.63, 3.8) is 0 Å². The Morgan fingerprint density at radius 3 is 2.33 bits per heavy atom. The van der Waals surface area contributed by atoms with Gasteiger partial charge in [0.05, 0.1) is 0 Å². The fraction of sp³-hybridized carbons (Fsp3) is 0.125. The summed E-state index contributed by atoms with van der Waals surface area (Å²) in [6.45, 7) is 0. The predicted molar refractivity (Wildman–Crippen MR) is 108 cm³/mol. The molecule has 0 amide bonds. The molecule has 136 valence electrons. The highest BCUT2D eigenvalue weighted by molar-refractivity contribution is 5.88. The third kappa shape index (κ3) is 6.15. The lowest BCUT2D eigenvalue weighted by Gasteiger charge is -2.04. The first kappa shape index (κ1) is 18.5. The van der Waals surface area contributed by atoms with Crippen LogP contribution >= 0.6 is 0 Å². The number of benzene rings is 3. The minimum Gasteiger partial charge on any atom is -0.508 e. The Balaban J connectivity index is 1.47. The zero-order valence-corrected chi connectivity index (χ0v) is 15.0. The molecule has 0 radical (unpaired) electrons. The van der Waals surface area contributed by atoms with E-state index in [1.165, 1.54) is 11.6 Å². The van der Waals surface area contributed by atoms with Crippen LogP contribution in [0, 0.1) is 0 Å². The molecule has 0 spiro atoms. The molecule has 0 saturated heterocycles. The van der Waals surface area contributed by atoms with E-state index in [1.54, 1.807) is 24.3 Å². The maximum atomic E-state index is 11.8. The van der Waals surface area contributed by atoms with Crippen LogP contribution in [-0.2, 0) is 17.6 Å². The quantitative estimate of drug-likeness (QED) is 0.359. The molecule has 1 N–H and O–H groups in total. The third-order valence-electron chi connectivity index (χ3n) is 4.19. The minimum atomic E-state index is -0.392. The van der Waals surface area contributed by atoms with Crippen molar-refractivity contribution in [3.8, 4) is 11.5 Å². The van der Waals surface area contributed by atoms with E-state index >= 15 is 0 Å². The Morgan fingerprint density at radius 2 is 1.59 bits per heavy atom. The Hall–Kier alpha value is -3.33. The first-order valence-electron chi connectivity index (χ1n) is 9.01. The lowest BCUT2D eigenvalue weighted by Crippen LogP contribution is -2.03. The highest BCUT2D eigenvalue weighted by atomic mass is 16.5. The number of para-hydroxylation sites is 1. The second kappa shape index (κ2) is 9.39. The maximum Gasteiger partial charge on any atom is 0.336 e. The zero-order chi connectivity index (χ0) is 18.9. The van der Waals surface area contributed by atoms with E-state index in [-0.39, 0.29) is 0 Å². The van der Waals surface area contributed by atoms with Crippen LogP contribution in [0.3, 0.4) is 0 Å². The Labute approximate surface area is 159 Å². The fourth-order valence-electron chi connectivity index (χ4n) is 2.81. The van der Waals surface area contributed by atoms with Gasteiger partial charge in [-0.3, -0.25) is 0 Å². The zero-order valence-electron chi connectivity index (χ0n) is 15.0. The van der Waals surface area contributed by atoms with Crippen LogP contribution < -0.4 is 4.74 Å². The van der Waals surface area contributed by atoms with Gasteiger partial charge < -0.3 is 9.84 Å². The second-order valence-corrected chi connectivity index (χ2v) is 6.33. The summed E-state index contributed by atoms with van der Waals surface area (Å²) in [4.78, 5) is 11.8. The monoisotopic (exact) mass is 358 g/mol. The number of carbonyl (C=O) groups excluding carboxylic acids is 1. The molecule has 3 aromatic carbocycles. The summed E-state index contributed by atoms with van der Waals surface area (Å²) in [5.74, 6) is 0.458. The van der Waals surface area contributed by atoms with Crippen molar-refractivity contribution < 1.29 is 14.6 Å². The molecule has 0 aliphatic heterocycles. The van der Waals surface area contributed by atoms with Gasteiger partial charge in [0.2, 0.25) is 0 Å². The predicted octanol–water partition coefficient (Wildman–Crippen LogP) is 5.19. The van der Waals surface area contributed by atoms with Gasteiger partial charge >= 0.3 is 5.97 Å². The topological polar surface area (TPSA) is 46.5 Å². The molecule has 3 nitrogen and oxygen atoms in total. The summed E-state index contributed by atoms with van der Waals surface area (Å²) in [6, 6.07) is 24.6. The van der Waals surface area contributed by atoms with Gasteiger partial charge in [-0.25, -0.2) is 4.79 Å². The number of rotatable bonds is 7. The van der Waals surface area contributed by atoms with Crippen LogP contribution in [0.5, 0.6) is 11.5 Å². The SMILES string of the molecule is O=C(/C=C/c1ccc(CCCc2cccc(O)c2)cc1)Oc1ccccc1. The van der Waals surface area contributed by atoms with Crippen LogP contribution in [0.25, 0.3) is 6.08 Å². The van der Waals surface area contributed by atoms with E-state index in [0.29, 0.717) is 11.5 Å². The largest absolute Gasteiger partial charge is 0.508 e. The average Bonchev–Trinajstić information content (AvgIpc) is 2.68. The first-order chi connectivity index (χ1) is 13.2. The molecule has 0 heterocycles. The number of aromatic hydroxyl groups is 1. The third-order valence-corrected chi connectivity index (χ3v) is 4.19. The number of aryl methyl sites for hydroxylation is 2. The van der Waals surface area contributed by atoms with Gasteiger partial charge in [0.1, 0.15) is 11.5 Å². The van der Waals surface area contributed by atoms with E-state index in [9.17, 15) is 9.90 Å². The maximum absolute atomic E-state index is 11.8. The van der Waals surface area contributed by atoms with Crippen molar-refractivity contribution in [1.82, 2.24) is 0 Å². The Kier molecular flexibility index (Phi) is 6.42. The van der Waals surface area contributed by atoms with Crippen molar-refractivity contribution in [1.29, 1.82) is 0 Å². The van der Waals surface area contributed by atoms with Gasteiger partial charge in [0, 0.05) is 6.08 Å². The normalized spacial score (nSPS) is 10.8. The molecule has 3 rings (SSSR count). The summed E-state index contributed by atoms with van der Waals surface area (Å²) < 4.78 is 5.22. The molecular formula is C24H22O3. The molecule has 0 atom stereocenters. The number of phenols is 1. The highest BCUT2D eigenvalue weighted by Crippen LogP contribution is 2.15. The summed E-state index contributed by atoms with van der Waals surface area (Å²) in [6.07, 6.45) is 6.10. The number of esters is 1. The van der Waals surface area contributed by atoms with Crippen molar-refractivity contribution in [3.05, 3.63) is 102 Å². The number of carbonyl (C=O) groups is 1. The standard InChI is InChI=1S/C24H22O3/c25-22-9-5-8-21(18-22)7-4-6-19-12-14-20(15-13-19)16-17-24(26)27-23-10-2-1-3-11-23/h1-3,5,8-18,25H,4,6-7H2/b17-16+. The summed E-state index contributed by atoms with van der Waals surface area (Å²) in [5, 5.41) is 9.49. The molecule has 3 heteroatoms. The molecule has 27 heavy (non-hydrogen) atoms. The van der Waals surface area contributed by atoms with E-state index < -0.39 is 5.97 Å². The van der Waals surface area contributed by atoms with Crippen molar-refractivity contribution in [2.24, 2.45) is 0 Å². The fourth-order valence-corrected chi connectivity index (χ4v) is 2.81. The van der Waals surface area contributed by atoms with Crippen molar-refractivity contribution >= 4 is 12.0 Å². The van der Waals surface area contributed by atoms with Crippen LogP contribution in [0.1, 0.15) is 23.1 Å². The Bertz CT molecular complexity index is 896. The summed E-state index contributed by atoms with van der Waals surface area (Å²) in [7, 11) is 0. The van der Waals surface area contributed by atoms with E-state index in [1.807, 2.05) is 48.5 Å². The van der Waals surface area contributed by atoms with E-state index in [4.69, 9.17) is 4.74 Å². The minimum absolute atomic E-state index is 0.314. The molecule has 0 aromatic heterocycles. The number of phenolic OH excluding ortho intramolecular Hbond substituents is 1. The van der Waals surface area contributed by atoms with Crippen molar-refractivity contribution in [2.45, 2.75) is 19.3 Å². The molecular weight excluding hydrogens is 336 g/mol. The van der Waals surface area contributed by atoms with E-state index in [0.717, 1.165) is 30.4 Å². The molecule has 0 aliphatic rings. The lowest BCUT2D eigenvalue weighted by molar-refractivity contribution is -0.128. The number of hydrogen-bond donors (Lipinski definition) is 1. The van der Waals surface area contributed by atoms with Gasteiger partial charge in [-0.15, -0.1) is 0 Å². The molecule has 0 saturated carbocycles. The highest BCUT2D eigenvalue weighted by Gasteiger charge is 2.00. The summed E-state index contributed by atoms with van der Waals surface area (Å²) in [5.41, 5.74) is 3.35. The lowest BCUT2D eigenvalue weighted by atomic mass is 10.0. The van der Waals surface area contributed by atoms with Gasteiger partial charge in [-0.1, -0.05) is 54.6 Å². The number of ether oxygens (including phenoxy) is 1. The van der Waals surface area contributed by atoms with E-state index in [2.05, 4.69) is 12.1 Å².